The van der Waals surface area contributed by atoms with Crippen molar-refractivity contribution in [2.24, 2.45) is 0 Å². The second-order valence-corrected chi connectivity index (χ2v) is 18.7. The smallest absolute Gasteiger partial charge is 0.311 e. The Labute approximate surface area is 451 Å². The van der Waals surface area contributed by atoms with Crippen molar-refractivity contribution in [1.82, 2.24) is 29.9 Å². The molecule has 0 amide bonds. The molecule has 3 N–H and O–H groups in total. The zero-order valence-corrected chi connectivity index (χ0v) is 45.2. The van der Waals surface area contributed by atoms with Crippen LogP contribution in [0.2, 0.25) is 0 Å². The molecule has 0 saturated heterocycles. The molecule has 396 valence electrons. The fraction of sp³-hybridized carbons (Fsp3) is 0.233. The van der Waals surface area contributed by atoms with Crippen LogP contribution in [0.5, 0.6) is 23.0 Å². The van der Waals surface area contributed by atoms with E-state index in [0.717, 1.165) is 66.8 Å². The van der Waals surface area contributed by atoms with Crippen LogP contribution in [-0.4, -0.2) is 82.6 Å². The summed E-state index contributed by atoms with van der Waals surface area (Å²) in [6.07, 6.45) is -0.110. The lowest BCUT2D eigenvalue weighted by atomic mass is 10.0. The fourth-order valence-electron chi connectivity index (χ4n) is 8.00. The topological polar surface area (TPSA) is 234 Å². The molecule has 0 unspecified atom stereocenters. The lowest BCUT2D eigenvalue weighted by Crippen LogP contribution is -2.11. The number of aryl methyl sites for hydroxylation is 8. The molecule has 8 rings (SSSR count). The van der Waals surface area contributed by atoms with Gasteiger partial charge in [-0.2, -0.15) is 0 Å². The summed E-state index contributed by atoms with van der Waals surface area (Å²) in [4.78, 5) is 72.0. The second kappa shape index (κ2) is 26.1. The predicted octanol–water partition coefficient (Wildman–Crippen LogP) is 11.9. The summed E-state index contributed by atoms with van der Waals surface area (Å²) in [5.41, 5.74) is 13.1. The summed E-state index contributed by atoms with van der Waals surface area (Å²) in [5.74, 6) is 1.04. The van der Waals surface area contributed by atoms with Crippen molar-refractivity contribution in [3.05, 3.63) is 154 Å². The van der Waals surface area contributed by atoms with Gasteiger partial charge in [-0.25, -0.2) is 29.9 Å². The maximum atomic E-state index is 12.1. The van der Waals surface area contributed by atoms with Crippen LogP contribution in [0.25, 0.3) is 68.3 Å². The number of nitrogens with zero attached hydrogens (tertiary/aromatic N) is 6. The van der Waals surface area contributed by atoms with E-state index in [1.54, 1.807) is 18.2 Å². The van der Waals surface area contributed by atoms with Crippen LogP contribution in [0.3, 0.4) is 0 Å². The third-order valence-electron chi connectivity index (χ3n) is 11.9. The van der Waals surface area contributed by atoms with Gasteiger partial charge >= 0.3 is 17.9 Å². The number of aromatic hydroxyl groups is 3. The van der Waals surface area contributed by atoms with Crippen LogP contribution < -0.4 is 4.74 Å². The highest BCUT2D eigenvalue weighted by Gasteiger charge is 2.20. The highest BCUT2D eigenvalue weighted by atomic mass is 35.5. The maximum Gasteiger partial charge on any atom is 0.311 e. The van der Waals surface area contributed by atoms with Crippen molar-refractivity contribution in [3.8, 4) is 91.3 Å². The van der Waals surface area contributed by atoms with E-state index >= 15 is 0 Å². The Bertz CT molecular complexity index is 3270. The van der Waals surface area contributed by atoms with Gasteiger partial charge in [0.25, 0.3) is 0 Å². The quantitative estimate of drug-likeness (QED) is 0.0553. The Morgan fingerprint density at radius 3 is 1.00 bits per heavy atom. The average molecular weight is 1060 g/mol. The molecule has 17 heteroatoms. The van der Waals surface area contributed by atoms with Crippen molar-refractivity contribution in [3.63, 3.8) is 0 Å². The summed E-state index contributed by atoms with van der Waals surface area (Å²) in [6, 6.07) is 33.2. The van der Waals surface area contributed by atoms with Crippen molar-refractivity contribution in [2.45, 2.75) is 81.1 Å². The molecule has 2 heterocycles. The summed E-state index contributed by atoms with van der Waals surface area (Å²) in [7, 11) is 2.52. The monoisotopic (exact) mass is 1060 g/mol. The minimum Gasteiger partial charge on any atom is -0.508 e. The Hall–Kier alpha value is -8.89. The Balaban J connectivity index is 0.000000219. The number of carbonyl (C=O) groups is 4. The number of hydrogen-bond donors (Lipinski definition) is 3. The number of phenolic OH excluding ortho intramolecular Hbond substituents is 3. The summed E-state index contributed by atoms with van der Waals surface area (Å²) in [6.45, 7) is 16.2. The number of aromatic nitrogens is 6. The summed E-state index contributed by atoms with van der Waals surface area (Å²) in [5, 5.41) is 30.4. The molecule has 0 fully saturated rings. The van der Waals surface area contributed by atoms with Gasteiger partial charge in [0.05, 0.1) is 44.6 Å². The van der Waals surface area contributed by atoms with Gasteiger partial charge in [0.15, 0.2) is 34.9 Å². The first-order chi connectivity index (χ1) is 36.6. The molecular formula is C60H59ClN6O10. The molecular weight excluding hydrogens is 1000 g/mol. The molecule has 0 saturated carbocycles. The SMILES string of the molecule is COC(=O)CCC(=O)Cl.COC(=O)CCC(=O)Oc1ccc(-c2nc(-c3ccc(C)cc3C)nc(-c3ccc(C)cc3C)n2)c(O)c1.Cc1ccc(-c2nc(-c3ccc(C)cc3C)nc(-c3ccc(O)cc3O)n2)c(C)c1. The highest BCUT2D eigenvalue weighted by molar-refractivity contribution is 6.63. The molecule has 0 radical (unpaired) electrons. The van der Waals surface area contributed by atoms with Gasteiger partial charge in [-0.3, -0.25) is 19.2 Å². The molecule has 0 bridgehead atoms. The summed E-state index contributed by atoms with van der Waals surface area (Å²) < 4.78 is 14.1. The van der Waals surface area contributed by atoms with Crippen LogP contribution in [0, 0.1) is 55.4 Å². The van der Waals surface area contributed by atoms with Crippen LogP contribution in [0.4, 0.5) is 0 Å². The number of esters is 3. The number of benzene rings is 6. The largest absolute Gasteiger partial charge is 0.508 e. The minimum absolute atomic E-state index is 0.0190. The molecule has 0 aliphatic carbocycles. The van der Waals surface area contributed by atoms with Crippen molar-refractivity contribution >= 4 is 34.8 Å². The summed E-state index contributed by atoms with van der Waals surface area (Å²) >= 11 is 4.93. The van der Waals surface area contributed by atoms with Crippen LogP contribution in [-0.2, 0) is 28.7 Å². The molecule has 6 aromatic carbocycles. The van der Waals surface area contributed by atoms with E-state index in [2.05, 4.69) is 43.7 Å². The number of carbonyl (C=O) groups excluding carboxylic acids is 4. The van der Waals surface area contributed by atoms with Crippen molar-refractivity contribution in [2.75, 3.05) is 14.2 Å². The number of rotatable bonds is 13. The zero-order chi connectivity index (χ0) is 56.1. The molecule has 0 aliphatic rings. The van der Waals surface area contributed by atoms with E-state index in [9.17, 15) is 34.5 Å². The predicted molar refractivity (Wildman–Crippen MR) is 294 cm³/mol. The lowest BCUT2D eigenvalue weighted by Gasteiger charge is -2.13. The Morgan fingerprint density at radius 2 is 0.688 bits per heavy atom. The molecule has 8 aromatic rings. The van der Waals surface area contributed by atoms with Crippen LogP contribution in [0.15, 0.2) is 109 Å². The first kappa shape index (κ1) is 57.4. The van der Waals surface area contributed by atoms with Gasteiger partial charge in [0.1, 0.15) is 23.0 Å². The van der Waals surface area contributed by atoms with E-state index < -0.39 is 23.2 Å². The van der Waals surface area contributed by atoms with E-state index in [1.165, 1.54) is 32.4 Å². The number of phenols is 3. The zero-order valence-electron chi connectivity index (χ0n) is 44.5. The number of ether oxygens (including phenoxy) is 3. The fourth-order valence-corrected chi connectivity index (χ4v) is 8.09. The standard InChI is InChI=1S/C30H29N3O5.C25H23N3O2.C5H7ClO3/c1-17-6-9-22(19(3)14-17)28-31-29(23-10-7-18(2)15-20(23)4)33-30(32-28)24-11-8-21(16-25(24)34)38-27(36)13-12-26(35)37-5;1-14-5-8-19(16(3)11-14)23-26-24(20-9-6-15(2)12-17(20)4)28-25(27-23)21-10-7-18(29)13-22(21)30;1-9-5(8)3-2-4(6)7/h6-11,14-16,34H,12-13H2,1-5H3;5-13,29-30H,1-4H3;2-3H2,1H3. The number of halogens is 1. The van der Waals surface area contributed by atoms with Crippen LogP contribution in [0.1, 0.15) is 70.2 Å². The molecule has 0 aliphatic heterocycles. The van der Waals surface area contributed by atoms with Crippen molar-refractivity contribution in [1.29, 1.82) is 0 Å². The van der Waals surface area contributed by atoms with E-state index in [0.29, 0.717) is 40.2 Å². The van der Waals surface area contributed by atoms with Gasteiger partial charge in [0, 0.05) is 40.8 Å². The second-order valence-electron chi connectivity index (χ2n) is 18.2. The van der Waals surface area contributed by atoms with E-state index in [-0.39, 0.29) is 54.5 Å². The first-order valence-electron chi connectivity index (χ1n) is 24.3. The first-order valence-corrected chi connectivity index (χ1v) is 24.7. The van der Waals surface area contributed by atoms with E-state index in [4.69, 9.17) is 36.3 Å². The van der Waals surface area contributed by atoms with Crippen LogP contribution >= 0.6 is 11.6 Å². The van der Waals surface area contributed by atoms with Gasteiger partial charge < -0.3 is 29.5 Å². The van der Waals surface area contributed by atoms with Gasteiger partial charge in [-0.05, 0) is 114 Å². The van der Waals surface area contributed by atoms with E-state index in [1.807, 2.05) is 104 Å². The van der Waals surface area contributed by atoms with Gasteiger partial charge in [-0.15, -0.1) is 0 Å². The lowest BCUT2D eigenvalue weighted by molar-refractivity contribution is -0.144. The number of methoxy groups -OCH3 is 2. The Kier molecular flexibility index (Phi) is 19.4. The minimum atomic E-state index is -0.614. The molecule has 2 aromatic heterocycles. The van der Waals surface area contributed by atoms with Gasteiger partial charge in [-0.1, -0.05) is 95.1 Å². The maximum absolute atomic E-state index is 12.1. The molecule has 77 heavy (non-hydrogen) atoms. The third kappa shape index (κ3) is 15.6. The molecule has 0 atom stereocenters. The van der Waals surface area contributed by atoms with Crippen molar-refractivity contribution < 1.29 is 48.7 Å². The highest BCUT2D eigenvalue weighted by Crippen LogP contribution is 2.36. The number of hydrogen-bond acceptors (Lipinski definition) is 16. The van der Waals surface area contributed by atoms with Gasteiger partial charge in [0.2, 0.25) is 5.24 Å². The normalized spacial score (nSPS) is 10.6. The molecule has 0 spiro atoms. The Morgan fingerprint density at radius 1 is 0.390 bits per heavy atom. The average Bonchev–Trinajstić information content (AvgIpc) is 3.37. The molecule has 16 nitrogen and oxygen atoms in total. The third-order valence-corrected chi connectivity index (χ3v) is 12.1.